The third-order valence-corrected chi connectivity index (χ3v) is 4.72. The molecule has 1 aliphatic carbocycles. The Morgan fingerprint density at radius 3 is 2.56 bits per heavy atom. The van der Waals surface area contributed by atoms with Gasteiger partial charge in [-0.2, -0.15) is 0 Å². The smallest absolute Gasteiger partial charge is 0.430 e. The van der Waals surface area contributed by atoms with Crippen molar-refractivity contribution in [3.63, 3.8) is 0 Å². The second-order valence-corrected chi connectivity index (χ2v) is 5.78. The van der Waals surface area contributed by atoms with Crippen molar-refractivity contribution in [2.45, 2.75) is 51.2 Å². The highest BCUT2D eigenvalue weighted by atomic mass is 127. The Kier molecular flexibility index (Phi) is 4.33. The molecule has 0 radical (unpaired) electrons. The van der Waals surface area contributed by atoms with Crippen LogP contribution < -0.4 is 0 Å². The van der Waals surface area contributed by atoms with Crippen LogP contribution in [0.15, 0.2) is 0 Å². The van der Waals surface area contributed by atoms with Crippen LogP contribution in [0.25, 0.3) is 0 Å². The van der Waals surface area contributed by atoms with Crippen LogP contribution >= 0.6 is 22.6 Å². The van der Waals surface area contributed by atoms with E-state index in [1.807, 2.05) is 0 Å². The summed E-state index contributed by atoms with van der Waals surface area (Å²) < 4.78 is 11.5. The van der Waals surface area contributed by atoms with Crippen LogP contribution in [0.1, 0.15) is 39.0 Å². The van der Waals surface area contributed by atoms with Gasteiger partial charge in [-0.25, -0.2) is 4.79 Å². The maximum absolute atomic E-state index is 11.4. The van der Waals surface area contributed by atoms with Crippen molar-refractivity contribution in [2.24, 2.45) is 11.8 Å². The predicted octanol–water partition coefficient (Wildman–Crippen LogP) is 3.54. The molecule has 2 aliphatic rings. The standard InChI is InChI=1S/C12H19IO3/c1-8-10(7-13)15-12(14)16-11(8)9-5-3-2-4-6-9/h8-11H,2-7H2,1H3/t8-,10-,11-/m0/s1. The Morgan fingerprint density at radius 1 is 1.25 bits per heavy atom. The fraction of sp³-hybridized carbons (Fsp3) is 0.917. The van der Waals surface area contributed by atoms with Crippen molar-refractivity contribution in [3.05, 3.63) is 0 Å². The van der Waals surface area contributed by atoms with E-state index in [1.165, 1.54) is 32.1 Å². The van der Waals surface area contributed by atoms with Crippen molar-refractivity contribution in [1.82, 2.24) is 0 Å². The third kappa shape index (κ3) is 2.63. The van der Waals surface area contributed by atoms with Gasteiger partial charge in [0.2, 0.25) is 0 Å². The van der Waals surface area contributed by atoms with E-state index in [0.29, 0.717) is 11.8 Å². The lowest BCUT2D eigenvalue weighted by atomic mass is 9.79. The monoisotopic (exact) mass is 338 g/mol. The van der Waals surface area contributed by atoms with Gasteiger partial charge in [0.15, 0.2) is 0 Å². The van der Waals surface area contributed by atoms with Crippen molar-refractivity contribution >= 4 is 28.7 Å². The number of hydrogen-bond donors (Lipinski definition) is 0. The highest BCUT2D eigenvalue weighted by Crippen LogP contribution is 2.35. The van der Waals surface area contributed by atoms with Crippen LogP contribution in [-0.4, -0.2) is 22.8 Å². The molecule has 0 spiro atoms. The topological polar surface area (TPSA) is 35.5 Å². The molecule has 0 bridgehead atoms. The summed E-state index contributed by atoms with van der Waals surface area (Å²) in [4.78, 5) is 11.4. The molecule has 2 fully saturated rings. The van der Waals surface area contributed by atoms with E-state index in [1.54, 1.807) is 0 Å². The minimum atomic E-state index is -0.463. The van der Waals surface area contributed by atoms with Crippen LogP contribution in [0.2, 0.25) is 0 Å². The summed E-state index contributed by atoms with van der Waals surface area (Å²) in [6, 6.07) is 0. The van der Waals surface area contributed by atoms with Gasteiger partial charge < -0.3 is 9.47 Å². The van der Waals surface area contributed by atoms with Crippen LogP contribution in [0, 0.1) is 11.8 Å². The molecule has 1 aliphatic heterocycles. The van der Waals surface area contributed by atoms with E-state index in [2.05, 4.69) is 29.5 Å². The number of cyclic esters (lactones) is 2. The van der Waals surface area contributed by atoms with Gasteiger partial charge in [0, 0.05) is 10.3 Å². The second kappa shape index (κ2) is 5.56. The van der Waals surface area contributed by atoms with Gasteiger partial charge in [-0.3, -0.25) is 0 Å². The number of ether oxygens (including phenoxy) is 2. The van der Waals surface area contributed by atoms with E-state index in [4.69, 9.17) is 9.47 Å². The predicted molar refractivity (Wildman–Crippen MR) is 69.8 cm³/mol. The molecule has 16 heavy (non-hydrogen) atoms. The van der Waals surface area contributed by atoms with E-state index in [9.17, 15) is 4.79 Å². The first-order chi connectivity index (χ1) is 7.72. The van der Waals surface area contributed by atoms with Crippen molar-refractivity contribution < 1.29 is 14.3 Å². The molecular weight excluding hydrogens is 319 g/mol. The van der Waals surface area contributed by atoms with Gasteiger partial charge in [-0.05, 0) is 18.8 Å². The van der Waals surface area contributed by atoms with Crippen molar-refractivity contribution in [2.75, 3.05) is 4.43 Å². The molecule has 1 saturated carbocycles. The van der Waals surface area contributed by atoms with Gasteiger partial charge in [0.25, 0.3) is 0 Å². The first-order valence-corrected chi connectivity index (χ1v) is 7.68. The molecule has 2 rings (SSSR count). The lowest BCUT2D eigenvalue weighted by Crippen LogP contribution is -2.47. The first kappa shape index (κ1) is 12.5. The summed E-state index contributed by atoms with van der Waals surface area (Å²) >= 11 is 2.28. The summed E-state index contributed by atoms with van der Waals surface area (Å²) in [6.07, 6.45) is 5.96. The zero-order valence-corrected chi connectivity index (χ0v) is 11.8. The summed E-state index contributed by atoms with van der Waals surface area (Å²) in [5.41, 5.74) is 0. The molecule has 0 aromatic rings. The van der Waals surface area contributed by atoms with Crippen LogP contribution in [-0.2, 0) is 9.47 Å². The average Bonchev–Trinajstić information content (AvgIpc) is 2.33. The summed E-state index contributed by atoms with van der Waals surface area (Å²) in [7, 11) is 0. The normalized spacial score (nSPS) is 36.6. The molecule has 0 amide bonds. The minimum Gasteiger partial charge on any atom is -0.430 e. The van der Waals surface area contributed by atoms with Crippen molar-refractivity contribution in [1.29, 1.82) is 0 Å². The van der Waals surface area contributed by atoms with E-state index in [-0.39, 0.29) is 12.2 Å². The van der Waals surface area contributed by atoms with Gasteiger partial charge >= 0.3 is 6.16 Å². The lowest BCUT2D eigenvalue weighted by Gasteiger charge is -2.39. The van der Waals surface area contributed by atoms with E-state index < -0.39 is 6.16 Å². The minimum absolute atomic E-state index is 0.0359. The molecule has 3 atom stereocenters. The molecular formula is C12H19IO3. The molecule has 92 valence electrons. The highest BCUT2D eigenvalue weighted by Gasteiger charge is 2.41. The Balaban J connectivity index is 2.03. The van der Waals surface area contributed by atoms with Crippen LogP contribution in [0.3, 0.4) is 0 Å². The van der Waals surface area contributed by atoms with Crippen molar-refractivity contribution in [3.8, 4) is 0 Å². The molecule has 0 unspecified atom stereocenters. The fourth-order valence-corrected chi connectivity index (χ4v) is 3.83. The Bertz CT molecular complexity index is 249. The summed E-state index contributed by atoms with van der Waals surface area (Å²) in [6.45, 7) is 2.15. The molecule has 3 nitrogen and oxygen atoms in total. The maximum Gasteiger partial charge on any atom is 0.508 e. The zero-order valence-electron chi connectivity index (χ0n) is 9.65. The number of carbonyl (C=O) groups is 1. The number of halogens is 1. The second-order valence-electron chi connectivity index (χ2n) is 4.90. The van der Waals surface area contributed by atoms with E-state index in [0.717, 1.165) is 4.43 Å². The molecule has 0 N–H and O–H groups in total. The Labute approximate surface area is 110 Å². The van der Waals surface area contributed by atoms with Gasteiger partial charge in [0.05, 0.1) is 0 Å². The van der Waals surface area contributed by atoms with Gasteiger partial charge in [-0.15, -0.1) is 0 Å². The number of alkyl halides is 1. The molecule has 1 heterocycles. The SMILES string of the molecule is C[C@H]1[C@H](CI)OC(=O)O[C@@H]1C1CCCCC1. The molecule has 4 heteroatoms. The average molecular weight is 338 g/mol. The largest absolute Gasteiger partial charge is 0.508 e. The summed E-state index contributed by atoms with van der Waals surface area (Å²) in [5, 5.41) is 0. The first-order valence-electron chi connectivity index (χ1n) is 6.15. The third-order valence-electron chi connectivity index (χ3n) is 3.85. The molecule has 0 aromatic carbocycles. The molecule has 1 saturated heterocycles. The zero-order chi connectivity index (χ0) is 11.5. The fourth-order valence-electron chi connectivity index (χ4n) is 2.85. The summed E-state index contributed by atoms with van der Waals surface area (Å²) in [5.74, 6) is 0.889. The Hall–Kier alpha value is 0. The molecule has 0 aromatic heterocycles. The number of hydrogen-bond acceptors (Lipinski definition) is 3. The van der Waals surface area contributed by atoms with Gasteiger partial charge in [0.1, 0.15) is 12.2 Å². The van der Waals surface area contributed by atoms with E-state index >= 15 is 0 Å². The number of rotatable bonds is 2. The number of carbonyl (C=O) groups excluding carboxylic acids is 1. The highest BCUT2D eigenvalue weighted by molar-refractivity contribution is 14.1. The van der Waals surface area contributed by atoms with Crippen LogP contribution in [0.4, 0.5) is 4.79 Å². The van der Waals surface area contributed by atoms with Crippen LogP contribution in [0.5, 0.6) is 0 Å². The quantitative estimate of drug-likeness (QED) is 0.439. The lowest BCUT2D eigenvalue weighted by molar-refractivity contribution is -0.109. The Morgan fingerprint density at radius 2 is 1.94 bits per heavy atom. The van der Waals surface area contributed by atoms with Gasteiger partial charge in [-0.1, -0.05) is 48.8 Å². The maximum atomic E-state index is 11.4.